The Hall–Kier alpha value is -2.65. The number of carbonyl (C=O) groups excluding carboxylic acids is 5. The maximum absolute atomic E-state index is 14.3. The van der Waals surface area contributed by atoms with E-state index in [9.17, 15) is 24.0 Å². The van der Waals surface area contributed by atoms with E-state index in [1.165, 1.54) is 0 Å². The van der Waals surface area contributed by atoms with Gasteiger partial charge in [0.1, 0.15) is 18.2 Å². The Morgan fingerprint density at radius 1 is 0.951 bits per heavy atom. The largest absolute Gasteiger partial charge is 0.446 e. The van der Waals surface area contributed by atoms with E-state index < -0.39 is 41.8 Å². The maximum Gasteiger partial charge on any atom is 0.408 e. The lowest BCUT2D eigenvalue weighted by Gasteiger charge is -2.37. The van der Waals surface area contributed by atoms with Crippen LogP contribution in [-0.2, 0) is 23.9 Å². The summed E-state index contributed by atoms with van der Waals surface area (Å²) in [6.45, 7) is 6.78. The van der Waals surface area contributed by atoms with Crippen LogP contribution in [0.3, 0.4) is 0 Å². The van der Waals surface area contributed by atoms with E-state index in [1.807, 2.05) is 0 Å². The molecular formula is C31H48N4O6. The molecule has 0 radical (unpaired) electrons. The summed E-state index contributed by atoms with van der Waals surface area (Å²) in [6.07, 6.45) is 10.1. The van der Waals surface area contributed by atoms with Gasteiger partial charge >= 0.3 is 6.09 Å². The van der Waals surface area contributed by atoms with Gasteiger partial charge in [0.25, 0.3) is 5.91 Å². The Morgan fingerprint density at radius 2 is 1.66 bits per heavy atom. The zero-order valence-corrected chi connectivity index (χ0v) is 24.9. The molecule has 228 valence electrons. The number of primary amides is 1. The molecule has 0 aromatic rings. The van der Waals surface area contributed by atoms with Crippen molar-refractivity contribution in [2.24, 2.45) is 40.7 Å². The summed E-state index contributed by atoms with van der Waals surface area (Å²) in [7, 11) is 0. The van der Waals surface area contributed by atoms with E-state index in [0.29, 0.717) is 18.9 Å². The van der Waals surface area contributed by atoms with Crippen molar-refractivity contribution in [3.63, 3.8) is 0 Å². The van der Waals surface area contributed by atoms with Crippen molar-refractivity contribution in [2.75, 3.05) is 6.54 Å². The number of rotatable bonds is 10. The highest BCUT2D eigenvalue weighted by Crippen LogP contribution is 2.65. The first kappa shape index (κ1) is 29.8. The summed E-state index contributed by atoms with van der Waals surface area (Å²) in [5, 5.41) is 5.76. The van der Waals surface area contributed by atoms with Crippen LogP contribution in [0, 0.1) is 35.0 Å². The van der Waals surface area contributed by atoms with Crippen LogP contribution in [-0.4, -0.2) is 65.3 Å². The Balaban J connectivity index is 1.33. The van der Waals surface area contributed by atoms with Gasteiger partial charge < -0.3 is 26.0 Å². The quantitative estimate of drug-likeness (QED) is 0.343. The van der Waals surface area contributed by atoms with Gasteiger partial charge in [0.15, 0.2) is 0 Å². The number of likely N-dealkylation sites (tertiary alicyclic amines) is 1. The molecule has 4 saturated carbocycles. The molecule has 5 fully saturated rings. The number of piperidine rings is 1. The Labute approximate surface area is 243 Å². The van der Waals surface area contributed by atoms with E-state index in [4.69, 9.17) is 10.5 Å². The summed E-state index contributed by atoms with van der Waals surface area (Å²) in [6, 6.07) is -2.52. The molecular weight excluding hydrogens is 524 g/mol. The zero-order chi connectivity index (χ0) is 29.5. The minimum absolute atomic E-state index is 0.0261. The van der Waals surface area contributed by atoms with Crippen molar-refractivity contribution >= 4 is 29.6 Å². The van der Waals surface area contributed by atoms with Crippen molar-refractivity contribution in [1.82, 2.24) is 15.5 Å². The number of ketones is 1. The fourth-order valence-corrected chi connectivity index (χ4v) is 7.99. The van der Waals surface area contributed by atoms with E-state index in [0.717, 1.165) is 70.6 Å². The number of hydrogen-bond acceptors (Lipinski definition) is 6. The van der Waals surface area contributed by atoms with E-state index in [2.05, 4.69) is 31.4 Å². The van der Waals surface area contributed by atoms with E-state index >= 15 is 0 Å². The number of nitrogens with two attached hydrogens (primary N) is 1. The maximum atomic E-state index is 14.3. The molecule has 2 unspecified atom stereocenters. The molecule has 4 aliphatic carbocycles. The standard InChI is InChI=1S/C31H48N4O6/c1-17-8-7-11-20(14-17)41-30(40)34-24(19-9-5-4-6-10-19)29(39)35-16-21-23(31(21,2)3)25(35)28(38)33-22(15-18-12-13-18)26(36)27(32)37/h17-25H,4-16H2,1-3H3,(H2,32,37)(H,33,38)(H,34,40)/t17?,20?,21-,22+,23-,24-,25-/m0/s1. The second-order valence-corrected chi connectivity index (χ2v) is 14.2. The molecule has 0 aromatic carbocycles. The Morgan fingerprint density at radius 3 is 2.29 bits per heavy atom. The first-order chi connectivity index (χ1) is 19.5. The molecule has 10 nitrogen and oxygen atoms in total. The fourth-order valence-electron chi connectivity index (χ4n) is 7.99. The zero-order valence-electron chi connectivity index (χ0n) is 24.9. The molecule has 0 aromatic heterocycles. The highest BCUT2D eigenvalue weighted by atomic mass is 16.6. The normalized spacial score (nSPS) is 32.3. The van der Waals surface area contributed by atoms with Crippen LogP contribution in [0.2, 0.25) is 0 Å². The third-order valence-corrected chi connectivity index (χ3v) is 10.7. The minimum Gasteiger partial charge on any atom is -0.446 e. The van der Waals surface area contributed by atoms with Gasteiger partial charge in [-0.15, -0.1) is 0 Å². The average molecular weight is 573 g/mol. The topological polar surface area (TPSA) is 148 Å². The van der Waals surface area contributed by atoms with Gasteiger partial charge in [-0.3, -0.25) is 19.2 Å². The molecule has 4 N–H and O–H groups in total. The molecule has 0 spiro atoms. The lowest BCUT2D eigenvalue weighted by Crippen LogP contribution is -2.59. The molecule has 41 heavy (non-hydrogen) atoms. The molecule has 4 amide bonds. The summed E-state index contributed by atoms with van der Waals surface area (Å²) >= 11 is 0. The van der Waals surface area contributed by atoms with Gasteiger partial charge in [0, 0.05) is 6.54 Å². The van der Waals surface area contributed by atoms with Crippen LogP contribution in [0.4, 0.5) is 4.79 Å². The number of amides is 4. The number of nitrogens with one attached hydrogen (secondary N) is 2. The van der Waals surface area contributed by atoms with Gasteiger partial charge in [-0.25, -0.2) is 4.79 Å². The SMILES string of the molecule is CC1CCCC(OC(=O)N[C@H](C(=O)N2C[C@H]3[C@@H]([C@H]2C(=O)N[C@H](CC2CC2)C(=O)C(N)=O)C3(C)C)C2CCCCC2)C1. The van der Waals surface area contributed by atoms with E-state index in [1.54, 1.807) is 4.90 Å². The van der Waals surface area contributed by atoms with Crippen molar-refractivity contribution < 1.29 is 28.7 Å². The Kier molecular flexibility index (Phi) is 8.67. The molecule has 7 atom stereocenters. The lowest BCUT2D eigenvalue weighted by atomic mass is 9.83. The van der Waals surface area contributed by atoms with Gasteiger partial charge in [0.05, 0.1) is 6.04 Å². The lowest BCUT2D eigenvalue weighted by molar-refractivity contribution is -0.144. The predicted molar refractivity (Wildman–Crippen MR) is 151 cm³/mol. The smallest absolute Gasteiger partial charge is 0.408 e. The third-order valence-electron chi connectivity index (χ3n) is 10.7. The summed E-state index contributed by atoms with van der Waals surface area (Å²) < 4.78 is 5.80. The molecule has 1 saturated heterocycles. The second kappa shape index (κ2) is 11.9. The van der Waals surface area contributed by atoms with Crippen LogP contribution in [0.5, 0.6) is 0 Å². The van der Waals surface area contributed by atoms with Gasteiger partial charge in [-0.2, -0.15) is 0 Å². The molecule has 5 rings (SSSR count). The molecule has 5 aliphatic rings. The van der Waals surface area contributed by atoms with Crippen LogP contribution in [0.15, 0.2) is 0 Å². The number of fused-ring (bicyclic) bond motifs is 1. The minimum atomic E-state index is -1.06. The number of carbonyl (C=O) groups is 5. The van der Waals surface area contributed by atoms with E-state index in [-0.39, 0.29) is 41.1 Å². The van der Waals surface area contributed by atoms with Crippen LogP contribution in [0.25, 0.3) is 0 Å². The number of nitrogens with zero attached hydrogens (tertiary/aromatic N) is 1. The summed E-state index contributed by atoms with van der Waals surface area (Å²) in [5.41, 5.74) is 5.18. The monoisotopic (exact) mass is 572 g/mol. The number of Topliss-reactive ketones (excluding diaryl/α,β-unsaturated/α-hetero) is 1. The average Bonchev–Trinajstić information content (AvgIpc) is 3.78. The first-order valence-electron chi connectivity index (χ1n) is 15.9. The van der Waals surface area contributed by atoms with Crippen molar-refractivity contribution in [2.45, 2.75) is 122 Å². The molecule has 0 bridgehead atoms. The number of alkyl carbamates (subject to hydrolysis) is 1. The highest BCUT2D eigenvalue weighted by molar-refractivity contribution is 6.37. The predicted octanol–water partition coefficient (Wildman–Crippen LogP) is 3.06. The molecule has 1 aliphatic heterocycles. The van der Waals surface area contributed by atoms with Crippen molar-refractivity contribution in [3.8, 4) is 0 Å². The highest BCUT2D eigenvalue weighted by Gasteiger charge is 2.69. The van der Waals surface area contributed by atoms with Gasteiger partial charge in [-0.05, 0) is 73.5 Å². The third kappa shape index (κ3) is 6.56. The summed E-state index contributed by atoms with van der Waals surface area (Å²) in [4.78, 5) is 67.1. The van der Waals surface area contributed by atoms with Crippen molar-refractivity contribution in [1.29, 1.82) is 0 Å². The molecule has 1 heterocycles. The van der Waals surface area contributed by atoms with Crippen LogP contribution < -0.4 is 16.4 Å². The first-order valence-corrected chi connectivity index (χ1v) is 15.9. The summed E-state index contributed by atoms with van der Waals surface area (Å²) in [5.74, 6) is -1.68. The Bertz CT molecular complexity index is 1050. The van der Waals surface area contributed by atoms with Crippen LogP contribution in [0.1, 0.15) is 97.8 Å². The van der Waals surface area contributed by atoms with Gasteiger partial charge in [-0.1, -0.05) is 59.3 Å². The molecule has 10 heteroatoms. The van der Waals surface area contributed by atoms with Gasteiger partial charge in [0.2, 0.25) is 17.6 Å². The number of hydrogen-bond donors (Lipinski definition) is 3. The second-order valence-electron chi connectivity index (χ2n) is 14.2. The number of ether oxygens (including phenoxy) is 1. The van der Waals surface area contributed by atoms with Crippen LogP contribution >= 0.6 is 0 Å². The van der Waals surface area contributed by atoms with Crippen molar-refractivity contribution in [3.05, 3.63) is 0 Å². The fraction of sp³-hybridized carbons (Fsp3) is 0.839.